The van der Waals surface area contributed by atoms with Crippen molar-refractivity contribution in [3.8, 4) is 5.69 Å². The molecule has 0 radical (unpaired) electrons. The van der Waals surface area contributed by atoms with Gasteiger partial charge in [0, 0.05) is 13.1 Å². The number of hydrogen-bond acceptors (Lipinski definition) is 5. The highest BCUT2D eigenvalue weighted by Crippen LogP contribution is 2.27. The van der Waals surface area contributed by atoms with E-state index in [1.54, 1.807) is 4.68 Å². The maximum absolute atomic E-state index is 12.9. The zero-order valence-electron chi connectivity index (χ0n) is 16.8. The Labute approximate surface area is 165 Å². The van der Waals surface area contributed by atoms with Crippen LogP contribution in [0.2, 0.25) is 0 Å². The van der Waals surface area contributed by atoms with E-state index >= 15 is 0 Å². The molecule has 0 N–H and O–H groups in total. The minimum atomic E-state index is -0.220. The van der Waals surface area contributed by atoms with E-state index in [2.05, 4.69) is 55.4 Å². The Morgan fingerprint density at radius 3 is 2.33 bits per heavy atom. The third-order valence-electron chi connectivity index (χ3n) is 5.06. The molecule has 2 aromatic rings. The first-order valence-electron chi connectivity index (χ1n) is 9.69. The quantitative estimate of drug-likeness (QED) is 0.731. The summed E-state index contributed by atoms with van der Waals surface area (Å²) in [4.78, 5) is 14.9. The van der Waals surface area contributed by atoms with Crippen molar-refractivity contribution in [2.45, 2.75) is 57.4 Å². The lowest BCUT2D eigenvalue weighted by Crippen LogP contribution is -2.45. The fourth-order valence-corrected chi connectivity index (χ4v) is 4.61. The monoisotopic (exact) mass is 387 g/mol. The first-order chi connectivity index (χ1) is 12.8. The van der Waals surface area contributed by atoms with Gasteiger partial charge in [-0.3, -0.25) is 4.79 Å². The van der Waals surface area contributed by atoms with Crippen LogP contribution in [0.25, 0.3) is 5.69 Å². The molecule has 0 bridgehead atoms. The average Bonchev–Trinajstić information content (AvgIpc) is 3.08. The summed E-state index contributed by atoms with van der Waals surface area (Å²) in [7, 11) is 0. The number of benzene rings is 1. The summed E-state index contributed by atoms with van der Waals surface area (Å²) in [6.45, 7) is 12.4. The fraction of sp³-hybridized carbons (Fsp3) is 0.600. The van der Waals surface area contributed by atoms with Crippen molar-refractivity contribution in [2.24, 2.45) is 11.8 Å². The van der Waals surface area contributed by atoms with Crippen LogP contribution in [0.4, 0.5) is 0 Å². The third-order valence-corrected chi connectivity index (χ3v) is 6.08. The van der Waals surface area contributed by atoms with Gasteiger partial charge in [-0.25, -0.2) is 0 Å². The molecule has 7 heteroatoms. The molecule has 0 spiro atoms. The van der Waals surface area contributed by atoms with Crippen molar-refractivity contribution in [3.05, 3.63) is 29.8 Å². The van der Waals surface area contributed by atoms with Gasteiger partial charge in [0.05, 0.1) is 10.9 Å². The molecule has 1 aliphatic rings. The first-order valence-corrected chi connectivity index (χ1v) is 10.6. The first kappa shape index (κ1) is 19.9. The van der Waals surface area contributed by atoms with Crippen LogP contribution in [-0.2, 0) is 4.79 Å². The molecule has 3 atom stereocenters. The molecule has 1 aliphatic heterocycles. The van der Waals surface area contributed by atoms with Crippen molar-refractivity contribution in [1.29, 1.82) is 0 Å². The Balaban J connectivity index is 1.71. The Hall–Kier alpha value is -1.89. The molecule has 1 aromatic heterocycles. The minimum absolute atomic E-state index is 0.170. The zero-order valence-corrected chi connectivity index (χ0v) is 17.6. The number of nitrogens with zero attached hydrogens (tertiary/aromatic N) is 5. The van der Waals surface area contributed by atoms with Crippen LogP contribution in [0.3, 0.4) is 0 Å². The number of tetrazole rings is 1. The number of likely N-dealkylation sites (tertiary alicyclic amines) is 1. The van der Waals surface area contributed by atoms with Gasteiger partial charge in [0.25, 0.3) is 0 Å². The van der Waals surface area contributed by atoms with E-state index in [1.807, 2.05) is 24.0 Å². The highest BCUT2D eigenvalue weighted by Gasteiger charge is 2.29. The largest absolute Gasteiger partial charge is 0.341 e. The lowest BCUT2D eigenvalue weighted by Gasteiger charge is -2.36. The Morgan fingerprint density at radius 2 is 1.74 bits per heavy atom. The Bertz CT molecular complexity index is 763. The molecular weight excluding hydrogens is 358 g/mol. The molecule has 0 saturated carbocycles. The second-order valence-electron chi connectivity index (χ2n) is 8.07. The number of carbonyl (C=O) groups excluding carboxylic acids is 1. The van der Waals surface area contributed by atoms with E-state index in [9.17, 15) is 4.79 Å². The molecule has 6 nitrogen and oxygen atoms in total. The van der Waals surface area contributed by atoms with Gasteiger partial charge in [-0.15, -0.1) is 5.10 Å². The standard InChI is InChI=1S/C20H29N5OS/c1-13(2)17-6-8-18(9-7-17)25-20(21-22-23-25)27-16(5)19(26)24-11-14(3)10-15(4)12-24/h6-9,13-16H,10-12H2,1-5H3/t14-,15+,16-/m0/s1. The van der Waals surface area contributed by atoms with Crippen molar-refractivity contribution < 1.29 is 4.79 Å². The maximum Gasteiger partial charge on any atom is 0.235 e. The summed E-state index contributed by atoms with van der Waals surface area (Å²) in [5, 5.41) is 12.5. The summed E-state index contributed by atoms with van der Waals surface area (Å²) in [6, 6.07) is 8.24. The van der Waals surface area contributed by atoms with Gasteiger partial charge >= 0.3 is 0 Å². The van der Waals surface area contributed by atoms with E-state index in [-0.39, 0.29) is 11.2 Å². The average molecular weight is 388 g/mol. The smallest absolute Gasteiger partial charge is 0.235 e. The molecule has 1 saturated heterocycles. The van der Waals surface area contributed by atoms with Gasteiger partial charge in [0.1, 0.15) is 0 Å². The minimum Gasteiger partial charge on any atom is -0.341 e. The number of rotatable bonds is 5. The number of piperidine rings is 1. The summed E-state index contributed by atoms with van der Waals surface area (Å²) in [6.07, 6.45) is 1.19. The molecule has 1 amide bonds. The van der Waals surface area contributed by atoms with Gasteiger partial charge in [0.2, 0.25) is 11.1 Å². The number of aromatic nitrogens is 4. The van der Waals surface area contributed by atoms with Crippen LogP contribution in [0.15, 0.2) is 29.4 Å². The Kier molecular flexibility index (Phi) is 6.19. The highest BCUT2D eigenvalue weighted by atomic mass is 32.2. The number of thioether (sulfide) groups is 1. The van der Waals surface area contributed by atoms with Crippen LogP contribution in [0, 0.1) is 11.8 Å². The summed E-state index contributed by atoms with van der Waals surface area (Å²) in [5.74, 6) is 1.76. The Morgan fingerprint density at radius 1 is 1.11 bits per heavy atom. The van der Waals surface area contributed by atoms with E-state index in [4.69, 9.17) is 0 Å². The second kappa shape index (κ2) is 8.42. The molecule has 1 aromatic carbocycles. The summed E-state index contributed by atoms with van der Waals surface area (Å²) < 4.78 is 1.71. The van der Waals surface area contributed by atoms with E-state index in [1.165, 1.54) is 23.7 Å². The molecule has 27 heavy (non-hydrogen) atoms. The number of amides is 1. The van der Waals surface area contributed by atoms with Gasteiger partial charge in [-0.2, -0.15) is 4.68 Å². The van der Waals surface area contributed by atoms with Gasteiger partial charge in [0.15, 0.2) is 0 Å². The fourth-order valence-electron chi connectivity index (χ4n) is 3.72. The zero-order chi connectivity index (χ0) is 19.6. The molecule has 146 valence electrons. The third kappa shape index (κ3) is 4.69. The maximum atomic E-state index is 12.9. The lowest BCUT2D eigenvalue weighted by atomic mass is 9.92. The summed E-state index contributed by atoms with van der Waals surface area (Å²) in [5.41, 5.74) is 2.18. The van der Waals surface area contributed by atoms with Crippen molar-refractivity contribution >= 4 is 17.7 Å². The van der Waals surface area contributed by atoms with E-state index in [0.717, 1.165) is 18.8 Å². The van der Waals surface area contributed by atoms with Crippen molar-refractivity contribution in [3.63, 3.8) is 0 Å². The van der Waals surface area contributed by atoms with Gasteiger partial charge < -0.3 is 4.90 Å². The van der Waals surface area contributed by atoms with Crippen LogP contribution in [0.1, 0.15) is 52.5 Å². The molecule has 2 heterocycles. The van der Waals surface area contributed by atoms with E-state index < -0.39 is 0 Å². The molecule has 0 aliphatic carbocycles. The highest BCUT2D eigenvalue weighted by molar-refractivity contribution is 8.00. The van der Waals surface area contributed by atoms with Gasteiger partial charge in [-0.05, 0) is 59.2 Å². The normalized spacial score (nSPS) is 21.5. The topological polar surface area (TPSA) is 63.9 Å². The van der Waals surface area contributed by atoms with E-state index in [0.29, 0.717) is 22.9 Å². The van der Waals surface area contributed by atoms with Crippen LogP contribution in [-0.4, -0.2) is 49.4 Å². The van der Waals surface area contributed by atoms with Crippen LogP contribution >= 0.6 is 11.8 Å². The number of carbonyl (C=O) groups is 1. The molecule has 1 fully saturated rings. The molecule has 0 unspecified atom stereocenters. The summed E-state index contributed by atoms with van der Waals surface area (Å²) >= 11 is 1.42. The molecular formula is C20H29N5OS. The van der Waals surface area contributed by atoms with Crippen molar-refractivity contribution in [1.82, 2.24) is 25.1 Å². The van der Waals surface area contributed by atoms with Crippen LogP contribution in [0.5, 0.6) is 0 Å². The van der Waals surface area contributed by atoms with Crippen LogP contribution < -0.4 is 0 Å². The predicted molar refractivity (Wildman–Crippen MR) is 108 cm³/mol. The van der Waals surface area contributed by atoms with Crippen molar-refractivity contribution in [2.75, 3.05) is 13.1 Å². The molecule has 3 rings (SSSR count). The number of hydrogen-bond donors (Lipinski definition) is 0. The SMILES string of the molecule is CC(C)c1ccc(-n2nnnc2S[C@@H](C)C(=O)N2C[C@H](C)C[C@H](C)C2)cc1. The lowest BCUT2D eigenvalue weighted by molar-refractivity contribution is -0.132. The second-order valence-corrected chi connectivity index (χ2v) is 9.38. The van der Waals surface area contributed by atoms with Gasteiger partial charge in [-0.1, -0.05) is 51.6 Å². The predicted octanol–water partition coefficient (Wildman–Crippen LogP) is 3.77.